The zero-order valence-corrected chi connectivity index (χ0v) is 15.8. The fourth-order valence-corrected chi connectivity index (χ4v) is 3.89. The van der Waals surface area contributed by atoms with E-state index < -0.39 is 0 Å². The molecular weight excluding hydrogens is 320 g/mol. The van der Waals surface area contributed by atoms with Crippen molar-refractivity contribution in [2.75, 3.05) is 19.6 Å². The van der Waals surface area contributed by atoms with Crippen LogP contribution in [0.5, 0.6) is 0 Å². The van der Waals surface area contributed by atoms with Crippen LogP contribution in [0.15, 0.2) is 24.3 Å². The van der Waals surface area contributed by atoms with Crippen LogP contribution >= 0.6 is 12.4 Å². The van der Waals surface area contributed by atoms with E-state index in [1.807, 2.05) is 0 Å². The van der Waals surface area contributed by atoms with Crippen molar-refractivity contribution in [2.24, 2.45) is 11.3 Å². The van der Waals surface area contributed by atoms with Gasteiger partial charge < -0.3 is 10.6 Å². The molecule has 1 aromatic rings. The molecular formula is C20H31ClN2O. The standard InChI is InChI=1S/C20H30N2O.ClH/c1-15(2)17-7-5-16(6-8-17)4-3-11-22-19(23)18-14-20(18)9-12-21-13-10-20;/h5-8,15,18,21H,3-4,9-14H2,1-2H3,(H,22,23);1H. The Kier molecular flexibility index (Phi) is 6.70. The van der Waals surface area contributed by atoms with Crippen LogP contribution in [0.4, 0.5) is 0 Å². The Labute approximate surface area is 152 Å². The molecule has 1 aliphatic carbocycles. The highest BCUT2D eigenvalue weighted by atomic mass is 35.5. The van der Waals surface area contributed by atoms with Crippen LogP contribution < -0.4 is 10.6 Å². The molecule has 1 atom stereocenters. The normalized spacial score (nSPS) is 21.4. The summed E-state index contributed by atoms with van der Waals surface area (Å²) in [5, 5.41) is 6.55. The topological polar surface area (TPSA) is 41.1 Å². The molecule has 24 heavy (non-hydrogen) atoms. The van der Waals surface area contributed by atoms with Crippen molar-refractivity contribution in [1.82, 2.24) is 10.6 Å². The minimum absolute atomic E-state index is 0. The number of halogens is 1. The Hall–Kier alpha value is -1.06. The van der Waals surface area contributed by atoms with Crippen LogP contribution in [-0.2, 0) is 11.2 Å². The second kappa shape index (κ2) is 8.35. The summed E-state index contributed by atoms with van der Waals surface area (Å²) in [6.45, 7) is 7.40. The van der Waals surface area contributed by atoms with E-state index in [2.05, 4.69) is 48.7 Å². The third kappa shape index (κ3) is 4.52. The average Bonchev–Trinajstić information content (AvgIpc) is 3.25. The first-order chi connectivity index (χ1) is 11.1. The first-order valence-electron chi connectivity index (χ1n) is 9.18. The molecule has 0 radical (unpaired) electrons. The van der Waals surface area contributed by atoms with Crippen LogP contribution in [-0.4, -0.2) is 25.5 Å². The van der Waals surface area contributed by atoms with Gasteiger partial charge >= 0.3 is 0 Å². The predicted octanol–water partition coefficient (Wildman–Crippen LogP) is 3.67. The van der Waals surface area contributed by atoms with Crippen molar-refractivity contribution in [3.8, 4) is 0 Å². The highest BCUT2D eigenvalue weighted by Crippen LogP contribution is 2.58. The van der Waals surface area contributed by atoms with E-state index in [-0.39, 0.29) is 18.3 Å². The van der Waals surface area contributed by atoms with Gasteiger partial charge in [0.1, 0.15) is 0 Å². The van der Waals surface area contributed by atoms with Crippen LogP contribution in [0.25, 0.3) is 0 Å². The van der Waals surface area contributed by atoms with Crippen molar-refractivity contribution in [1.29, 1.82) is 0 Å². The molecule has 1 unspecified atom stereocenters. The fraction of sp³-hybridized carbons (Fsp3) is 0.650. The molecule has 3 rings (SSSR count). The molecule has 4 heteroatoms. The molecule has 1 amide bonds. The number of carbonyl (C=O) groups is 1. The number of aryl methyl sites for hydroxylation is 1. The quantitative estimate of drug-likeness (QED) is 0.768. The number of piperidine rings is 1. The average molecular weight is 351 g/mol. The SMILES string of the molecule is CC(C)c1ccc(CCCNC(=O)C2CC23CCNCC3)cc1.Cl. The van der Waals surface area contributed by atoms with E-state index in [0.717, 1.165) is 38.9 Å². The molecule has 2 N–H and O–H groups in total. The van der Waals surface area contributed by atoms with Gasteiger partial charge in [-0.3, -0.25) is 4.79 Å². The van der Waals surface area contributed by atoms with Gasteiger partial charge in [0.15, 0.2) is 0 Å². The van der Waals surface area contributed by atoms with Gasteiger partial charge in [0, 0.05) is 12.5 Å². The molecule has 3 nitrogen and oxygen atoms in total. The third-order valence-electron chi connectivity index (χ3n) is 5.69. The number of hydrogen-bond donors (Lipinski definition) is 2. The molecule has 2 aliphatic rings. The lowest BCUT2D eigenvalue weighted by Crippen LogP contribution is -2.34. The molecule has 0 aromatic heterocycles. The van der Waals surface area contributed by atoms with Gasteiger partial charge in [0.05, 0.1) is 0 Å². The summed E-state index contributed by atoms with van der Waals surface area (Å²) >= 11 is 0. The molecule has 1 saturated carbocycles. The zero-order chi connectivity index (χ0) is 16.3. The largest absolute Gasteiger partial charge is 0.356 e. The summed E-state index contributed by atoms with van der Waals surface area (Å²) < 4.78 is 0. The molecule has 2 fully saturated rings. The number of benzene rings is 1. The Balaban J connectivity index is 0.00000208. The van der Waals surface area contributed by atoms with Crippen molar-refractivity contribution in [2.45, 2.75) is 51.9 Å². The van der Waals surface area contributed by atoms with Crippen molar-refractivity contribution < 1.29 is 4.79 Å². The lowest BCUT2D eigenvalue weighted by Gasteiger charge is -2.23. The number of nitrogens with one attached hydrogen (secondary N) is 2. The van der Waals surface area contributed by atoms with Crippen molar-refractivity contribution in [3.63, 3.8) is 0 Å². The summed E-state index contributed by atoms with van der Waals surface area (Å²) in [6, 6.07) is 8.90. The summed E-state index contributed by atoms with van der Waals surface area (Å²) in [5.41, 5.74) is 3.11. The van der Waals surface area contributed by atoms with Crippen LogP contribution in [0.3, 0.4) is 0 Å². The molecule has 1 spiro atoms. The van der Waals surface area contributed by atoms with E-state index in [9.17, 15) is 4.79 Å². The number of hydrogen-bond acceptors (Lipinski definition) is 2. The molecule has 1 saturated heterocycles. The van der Waals surface area contributed by atoms with Gasteiger partial charge in [-0.2, -0.15) is 0 Å². The Morgan fingerprint density at radius 3 is 2.54 bits per heavy atom. The Morgan fingerprint density at radius 2 is 1.92 bits per heavy atom. The monoisotopic (exact) mass is 350 g/mol. The highest BCUT2D eigenvalue weighted by molar-refractivity contribution is 5.85. The van der Waals surface area contributed by atoms with Gasteiger partial charge in [0.25, 0.3) is 0 Å². The predicted molar refractivity (Wildman–Crippen MR) is 102 cm³/mol. The number of amides is 1. The minimum atomic E-state index is 0. The van der Waals surface area contributed by atoms with E-state index in [4.69, 9.17) is 0 Å². The maximum absolute atomic E-state index is 12.3. The summed E-state index contributed by atoms with van der Waals surface area (Å²) in [7, 11) is 0. The zero-order valence-electron chi connectivity index (χ0n) is 14.9. The fourth-order valence-electron chi connectivity index (χ4n) is 3.89. The third-order valence-corrected chi connectivity index (χ3v) is 5.69. The van der Waals surface area contributed by atoms with Crippen molar-refractivity contribution >= 4 is 18.3 Å². The van der Waals surface area contributed by atoms with Crippen LogP contribution in [0, 0.1) is 11.3 Å². The van der Waals surface area contributed by atoms with Gasteiger partial charge in [-0.05, 0) is 67.7 Å². The first-order valence-corrected chi connectivity index (χ1v) is 9.18. The van der Waals surface area contributed by atoms with E-state index >= 15 is 0 Å². The molecule has 1 heterocycles. The lowest BCUT2D eigenvalue weighted by atomic mass is 9.92. The maximum atomic E-state index is 12.3. The summed E-state index contributed by atoms with van der Waals surface area (Å²) in [4.78, 5) is 12.3. The van der Waals surface area contributed by atoms with Crippen LogP contribution in [0.1, 0.15) is 56.6 Å². The number of rotatable bonds is 6. The van der Waals surface area contributed by atoms with Gasteiger partial charge in [0.2, 0.25) is 5.91 Å². The Morgan fingerprint density at radius 1 is 1.25 bits per heavy atom. The Bertz CT molecular complexity index is 535. The summed E-state index contributed by atoms with van der Waals surface area (Å²) in [5.74, 6) is 1.17. The second-order valence-corrected chi connectivity index (χ2v) is 7.66. The first kappa shape index (κ1) is 19.3. The molecule has 134 valence electrons. The lowest BCUT2D eigenvalue weighted by molar-refractivity contribution is -0.123. The van der Waals surface area contributed by atoms with Gasteiger partial charge in [-0.15, -0.1) is 12.4 Å². The summed E-state index contributed by atoms with van der Waals surface area (Å²) in [6.07, 6.45) is 5.52. The molecule has 1 aromatic carbocycles. The molecule has 1 aliphatic heterocycles. The van der Waals surface area contributed by atoms with E-state index in [0.29, 0.717) is 17.2 Å². The maximum Gasteiger partial charge on any atom is 0.223 e. The molecule has 0 bridgehead atoms. The van der Waals surface area contributed by atoms with Gasteiger partial charge in [-0.25, -0.2) is 0 Å². The smallest absolute Gasteiger partial charge is 0.223 e. The van der Waals surface area contributed by atoms with E-state index in [1.165, 1.54) is 24.0 Å². The second-order valence-electron chi connectivity index (χ2n) is 7.66. The van der Waals surface area contributed by atoms with E-state index in [1.54, 1.807) is 0 Å². The highest BCUT2D eigenvalue weighted by Gasteiger charge is 2.57. The number of carbonyl (C=O) groups excluding carboxylic acids is 1. The van der Waals surface area contributed by atoms with Crippen molar-refractivity contribution in [3.05, 3.63) is 35.4 Å². The minimum Gasteiger partial charge on any atom is -0.356 e. The van der Waals surface area contributed by atoms with Gasteiger partial charge in [-0.1, -0.05) is 38.1 Å². The van der Waals surface area contributed by atoms with Crippen LogP contribution in [0.2, 0.25) is 0 Å².